The third-order valence-corrected chi connectivity index (χ3v) is 4.36. The molecule has 1 aliphatic heterocycles. The minimum absolute atomic E-state index is 0.00485. The summed E-state index contributed by atoms with van der Waals surface area (Å²) in [6.45, 7) is 3.84. The fraction of sp³-hybridized carbons (Fsp3) is 0.273. The quantitative estimate of drug-likeness (QED) is 0.496. The minimum atomic E-state index is -0.912. The van der Waals surface area contributed by atoms with Crippen LogP contribution < -0.4 is 18.9 Å². The largest absolute Gasteiger partial charge is 0.493 e. The second-order valence-corrected chi connectivity index (χ2v) is 6.70. The lowest BCUT2D eigenvalue weighted by atomic mass is 10.1. The Morgan fingerprint density at radius 2 is 1.53 bits per heavy atom. The molecule has 0 saturated carbocycles. The Bertz CT molecular complexity index is 1100. The molecule has 10 nitrogen and oxygen atoms in total. The smallest absolute Gasteiger partial charge is 0.308 e. The summed E-state index contributed by atoms with van der Waals surface area (Å²) in [5.74, 6) is -0.194. The molecule has 0 N–H and O–H groups in total. The van der Waals surface area contributed by atoms with Crippen molar-refractivity contribution < 1.29 is 38.1 Å². The molecule has 10 heteroatoms. The van der Waals surface area contributed by atoms with Crippen molar-refractivity contribution in [2.45, 2.75) is 27.0 Å². The van der Waals surface area contributed by atoms with E-state index in [9.17, 15) is 14.4 Å². The lowest BCUT2D eigenvalue weighted by Gasteiger charge is -2.20. The van der Waals surface area contributed by atoms with Crippen molar-refractivity contribution in [1.82, 2.24) is 5.01 Å². The predicted octanol–water partition coefficient (Wildman–Crippen LogP) is 2.79. The number of esters is 2. The van der Waals surface area contributed by atoms with Crippen LogP contribution in [-0.4, -0.2) is 43.0 Å². The lowest BCUT2D eigenvalue weighted by molar-refractivity contribution is -0.135. The standard InChI is InChI=1S/C22H22N2O8/c1-12(25)24-22(15-6-8-19(28-4)20(10-15)29-5)32-21(23-24)17-11-16(30-13(2)26)7-9-18(17)31-14(3)27/h6-11,22H,1-5H3. The molecule has 2 aromatic rings. The van der Waals surface area contributed by atoms with Crippen LogP contribution in [-0.2, 0) is 19.1 Å². The fourth-order valence-corrected chi connectivity index (χ4v) is 3.05. The molecule has 0 fully saturated rings. The van der Waals surface area contributed by atoms with Crippen LogP contribution >= 0.6 is 0 Å². The van der Waals surface area contributed by atoms with Gasteiger partial charge in [0.15, 0.2) is 11.5 Å². The maximum Gasteiger partial charge on any atom is 0.308 e. The Morgan fingerprint density at radius 3 is 2.12 bits per heavy atom. The van der Waals surface area contributed by atoms with Gasteiger partial charge in [0.2, 0.25) is 18.0 Å². The molecule has 0 bridgehead atoms. The summed E-state index contributed by atoms with van der Waals surface area (Å²) in [6, 6.07) is 9.41. The molecular formula is C22H22N2O8. The van der Waals surface area contributed by atoms with Crippen LogP contribution in [0.3, 0.4) is 0 Å². The highest BCUT2D eigenvalue weighted by Crippen LogP contribution is 2.37. The Hall–Kier alpha value is -4.08. The second kappa shape index (κ2) is 9.38. The molecule has 1 atom stereocenters. The number of carbonyl (C=O) groups is 3. The van der Waals surface area contributed by atoms with Gasteiger partial charge >= 0.3 is 11.9 Å². The summed E-state index contributed by atoms with van der Waals surface area (Å²) >= 11 is 0. The number of hydrazone groups is 1. The number of amides is 1. The van der Waals surface area contributed by atoms with Crippen LogP contribution in [0, 0.1) is 0 Å². The van der Waals surface area contributed by atoms with E-state index in [1.807, 2.05) is 0 Å². The topological polar surface area (TPSA) is 113 Å². The number of carbonyl (C=O) groups excluding carboxylic acids is 3. The predicted molar refractivity (Wildman–Crippen MR) is 111 cm³/mol. The van der Waals surface area contributed by atoms with E-state index in [2.05, 4.69) is 5.10 Å². The first-order chi connectivity index (χ1) is 15.2. The van der Waals surface area contributed by atoms with Crippen molar-refractivity contribution in [2.24, 2.45) is 5.10 Å². The van der Waals surface area contributed by atoms with E-state index < -0.39 is 18.2 Å². The Kier molecular flexibility index (Phi) is 6.62. The zero-order valence-electron chi connectivity index (χ0n) is 18.2. The van der Waals surface area contributed by atoms with E-state index in [1.54, 1.807) is 18.2 Å². The van der Waals surface area contributed by atoms with Gasteiger partial charge < -0.3 is 23.7 Å². The molecule has 0 aliphatic carbocycles. The molecule has 1 heterocycles. The van der Waals surface area contributed by atoms with Crippen molar-refractivity contribution in [3.8, 4) is 23.0 Å². The lowest BCUT2D eigenvalue weighted by Crippen LogP contribution is -2.25. The number of methoxy groups -OCH3 is 2. The summed E-state index contributed by atoms with van der Waals surface area (Å²) in [7, 11) is 3.01. The van der Waals surface area contributed by atoms with E-state index in [0.29, 0.717) is 17.1 Å². The van der Waals surface area contributed by atoms with Gasteiger partial charge in [-0.2, -0.15) is 5.01 Å². The first-order valence-electron chi connectivity index (χ1n) is 9.51. The molecule has 1 amide bonds. The SMILES string of the molecule is COc1ccc(C2OC(c3cc(OC(C)=O)ccc3OC(C)=O)=NN2C(C)=O)cc1OC. The van der Waals surface area contributed by atoms with E-state index in [0.717, 1.165) is 5.01 Å². The van der Waals surface area contributed by atoms with Crippen LogP contribution in [0.1, 0.15) is 38.1 Å². The van der Waals surface area contributed by atoms with Crippen molar-refractivity contribution in [3.05, 3.63) is 47.5 Å². The van der Waals surface area contributed by atoms with E-state index in [-0.39, 0.29) is 28.9 Å². The highest BCUT2D eigenvalue weighted by atomic mass is 16.6. The maximum atomic E-state index is 12.3. The summed E-state index contributed by atoms with van der Waals surface area (Å²) in [6.07, 6.45) is -0.912. The van der Waals surface area contributed by atoms with Gasteiger partial charge in [-0.15, -0.1) is 5.10 Å². The molecule has 1 unspecified atom stereocenters. The molecular weight excluding hydrogens is 420 g/mol. The average molecular weight is 442 g/mol. The fourth-order valence-electron chi connectivity index (χ4n) is 3.05. The summed E-state index contributed by atoms with van der Waals surface area (Å²) in [5, 5.41) is 5.42. The molecule has 0 saturated heterocycles. The first-order valence-corrected chi connectivity index (χ1v) is 9.51. The first kappa shape index (κ1) is 22.6. The van der Waals surface area contributed by atoms with Crippen LogP contribution in [0.2, 0.25) is 0 Å². The molecule has 32 heavy (non-hydrogen) atoms. The van der Waals surface area contributed by atoms with Gasteiger partial charge in [0.05, 0.1) is 19.8 Å². The van der Waals surface area contributed by atoms with Gasteiger partial charge in [0.25, 0.3) is 0 Å². The summed E-state index contributed by atoms with van der Waals surface area (Å²) < 4.78 is 26.9. The normalized spacial score (nSPS) is 14.8. The Balaban J connectivity index is 2.04. The van der Waals surface area contributed by atoms with Gasteiger partial charge in [-0.25, -0.2) is 0 Å². The van der Waals surface area contributed by atoms with Crippen molar-refractivity contribution in [3.63, 3.8) is 0 Å². The van der Waals surface area contributed by atoms with Crippen LogP contribution in [0.15, 0.2) is 41.5 Å². The molecule has 0 radical (unpaired) electrons. The van der Waals surface area contributed by atoms with Gasteiger partial charge in [0.1, 0.15) is 11.5 Å². The average Bonchev–Trinajstić information content (AvgIpc) is 3.19. The molecule has 2 aromatic carbocycles. The van der Waals surface area contributed by atoms with Crippen LogP contribution in [0.25, 0.3) is 0 Å². The van der Waals surface area contributed by atoms with Gasteiger partial charge in [-0.3, -0.25) is 14.4 Å². The highest BCUT2D eigenvalue weighted by molar-refractivity contribution is 6.00. The van der Waals surface area contributed by atoms with Gasteiger partial charge in [0, 0.05) is 26.3 Å². The molecule has 3 rings (SSSR count). The van der Waals surface area contributed by atoms with Crippen LogP contribution in [0.5, 0.6) is 23.0 Å². The minimum Gasteiger partial charge on any atom is -0.493 e. The maximum absolute atomic E-state index is 12.3. The van der Waals surface area contributed by atoms with Crippen molar-refractivity contribution >= 4 is 23.7 Å². The number of ether oxygens (including phenoxy) is 5. The third kappa shape index (κ3) is 4.80. The number of rotatable bonds is 6. The number of hydrogen-bond acceptors (Lipinski definition) is 9. The van der Waals surface area contributed by atoms with E-state index in [1.165, 1.54) is 53.2 Å². The van der Waals surface area contributed by atoms with E-state index >= 15 is 0 Å². The number of nitrogens with zero attached hydrogens (tertiary/aromatic N) is 2. The van der Waals surface area contributed by atoms with Crippen molar-refractivity contribution in [1.29, 1.82) is 0 Å². The van der Waals surface area contributed by atoms with E-state index in [4.69, 9.17) is 23.7 Å². The number of hydrogen-bond donors (Lipinski definition) is 0. The van der Waals surface area contributed by atoms with Gasteiger partial charge in [-0.05, 0) is 36.4 Å². The Morgan fingerprint density at radius 1 is 0.875 bits per heavy atom. The molecule has 0 spiro atoms. The Labute approximate surface area is 184 Å². The summed E-state index contributed by atoms with van der Waals surface area (Å²) in [5.41, 5.74) is 0.801. The zero-order chi connectivity index (χ0) is 23.4. The molecule has 168 valence electrons. The van der Waals surface area contributed by atoms with Crippen molar-refractivity contribution in [2.75, 3.05) is 14.2 Å². The van der Waals surface area contributed by atoms with Gasteiger partial charge in [-0.1, -0.05) is 0 Å². The summed E-state index contributed by atoms with van der Waals surface area (Å²) in [4.78, 5) is 35.2. The van der Waals surface area contributed by atoms with Crippen LogP contribution in [0.4, 0.5) is 0 Å². The number of benzene rings is 2. The highest BCUT2D eigenvalue weighted by Gasteiger charge is 2.35. The second-order valence-electron chi connectivity index (χ2n) is 6.70. The zero-order valence-corrected chi connectivity index (χ0v) is 18.2. The third-order valence-electron chi connectivity index (χ3n) is 4.36. The monoisotopic (exact) mass is 442 g/mol. The molecule has 1 aliphatic rings. The molecule has 0 aromatic heterocycles.